The van der Waals surface area contributed by atoms with Crippen LogP contribution in [0.2, 0.25) is 0 Å². The molecule has 33 heavy (non-hydrogen) atoms. The monoisotopic (exact) mass is 455 g/mol. The molecule has 0 aliphatic carbocycles. The Hall–Kier alpha value is -2.67. The van der Waals surface area contributed by atoms with E-state index in [-0.39, 0.29) is 11.9 Å². The molecule has 0 spiro atoms. The van der Waals surface area contributed by atoms with Crippen LogP contribution in [0, 0.1) is 5.92 Å². The number of nitrogens with one attached hydrogen (secondary N) is 1. The first-order valence-electron chi connectivity index (χ1n) is 12.1. The zero-order chi connectivity index (χ0) is 23.6. The van der Waals surface area contributed by atoms with Gasteiger partial charge in [-0.15, -0.1) is 0 Å². The van der Waals surface area contributed by atoms with Crippen LogP contribution in [0.25, 0.3) is 0 Å². The third-order valence-electron chi connectivity index (χ3n) is 6.54. The number of aromatic nitrogens is 2. The van der Waals surface area contributed by atoms with Crippen molar-refractivity contribution in [3.05, 3.63) is 41.7 Å². The van der Waals surface area contributed by atoms with Gasteiger partial charge in [-0.1, -0.05) is 26.0 Å². The average molecular weight is 456 g/mol. The summed E-state index contributed by atoms with van der Waals surface area (Å²) in [6.07, 6.45) is 7.92. The van der Waals surface area contributed by atoms with Gasteiger partial charge in [0, 0.05) is 18.9 Å². The Labute approximate surface area is 197 Å². The fraction of sp³-hybridized carbons (Fsp3) is 0.577. The van der Waals surface area contributed by atoms with Gasteiger partial charge in [-0.25, -0.2) is 9.97 Å². The molecule has 1 aliphatic heterocycles. The lowest BCUT2D eigenvalue weighted by molar-refractivity contribution is -0.141. The first kappa shape index (κ1) is 25.0. The summed E-state index contributed by atoms with van der Waals surface area (Å²) in [5.74, 6) is 0.930. The summed E-state index contributed by atoms with van der Waals surface area (Å²) >= 11 is 0. The van der Waals surface area contributed by atoms with Gasteiger partial charge in [0.1, 0.15) is 0 Å². The van der Waals surface area contributed by atoms with Crippen molar-refractivity contribution in [2.75, 3.05) is 32.2 Å². The third kappa shape index (κ3) is 6.67. The van der Waals surface area contributed by atoms with Crippen molar-refractivity contribution >= 4 is 17.3 Å². The van der Waals surface area contributed by atoms with E-state index < -0.39 is 0 Å². The summed E-state index contributed by atoms with van der Waals surface area (Å²) in [5, 5.41) is 3.55. The molecule has 1 aromatic heterocycles. The first-order valence-corrected chi connectivity index (χ1v) is 12.1. The van der Waals surface area contributed by atoms with Crippen molar-refractivity contribution in [3.8, 4) is 6.01 Å². The van der Waals surface area contributed by atoms with Crippen LogP contribution in [0.5, 0.6) is 6.01 Å². The number of carbonyl (C=O) groups is 1. The standard InChI is InChI=1S/C26H37N3O4/c1-5-18(15-25(30)31-4)20-8-9-23(22(6-2)19-10-12-32-13-11-19)24(14-20)29-21-16-27-26(28-17-21)33-7-3/h8-9,14,16-19,22,29H,5-7,10-13,15H2,1-4H3. The van der Waals surface area contributed by atoms with Crippen LogP contribution < -0.4 is 10.1 Å². The molecule has 7 nitrogen and oxygen atoms in total. The number of hydrogen-bond acceptors (Lipinski definition) is 7. The molecule has 3 rings (SSSR count). The molecule has 1 saturated heterocycles. The van der Waals surface area contributed by atoms with E-state index >= 15 is 0 Å². The van der Waals surface area contributed by atoms with Crippen molar-refractivity contribution in [1.82, 2.24) is 9.97 Å². The number of esters is 1. The van der Waals surface area contributed by atoms with Crippen molar-refractivity contribution in [3.63, 3.8) is 0 Å². The summed E-state index contributed by atoms with van der Waals surface area (Å²) in [6, 6.07) is 6.96. The fourth-order valence-corrected chi connectivity index (χ4v) is 4.71. The highest BCUT2D eigenvalue weighted by Crippen LogP contribution is 2.40. The van der Waals surface area contributed by atoms with Crippen molar-refractivity contribution in [2.24, 2.45) is 5.92 Å². The van der Waals surface area contributed by atoms with E-state index in [0.717, 1.165) is 55.8 Å². The van der Waals surface area contributed by atoms with Gasteiger partial charge in [-0.05, 0) is 67.6 Å². The Bertz CT molecular complexity index is 882. The molecule has 0 radical (unpaired) electrons. The molecule has 2 atom stereocenters. The molecule has 0 saturated carbocycles. The van der Waals surface area contributed by atoms with E-state index in [9.17, 15) is 4.79 Å². The third-order valence-corrected chi connectivity index (χ3v) is 6.54. The SMILES string of the molecule is CCOc1ncc(Nc2cc(C(CC)CC(=O)OC)ccc2C(CC)C2CCOCC2)cn1. The number of hydrogen-bond donors (Lipinski definition) is 1. The second kappa shape index (κ2) is 12.5. The van der Waals surface area contributed by atoms with Crippen LogP contribution in [0.15, 0.2) is 30.6 Å². The maximum atomic E-state index is 12.0. The molecular formula is C26H37N3O4. The second-order valence-corrected chi connectivity index (χ2v) is 8.51. The Morgan fingerprint density at radius 3 is 2.48 bits per heavy atom. The molecule has 1 aliphatic rings. The lowest BCUT2D eigenvalue weighted by Gasteiger charge is -2.32. The van der Waals surface area contributed by atoms with E-state index in [0.29, 0.717) is 30.9 Å². The Kier molecular flexibility index (Phi) is 9.48. The summed E-state index contributed by atoms with van der Waals surface area (Å²) < 4.78 is 15.9. The van der Waals surface area contributed by atoms with E-state index in [4.69, 9.17) is 14.2 Å². The number of ether oxygens (including phenoxy) is 3. The van der Waals surface area contributed by atoms with Crippen LogP contribution in [0.4, 0.5) is 11.4 Å². The van der Waals surface area contributed by atoms with Crippen molar-refractivity contribution in [1.29, 1.82) is 0 Å². The number of methoxy groups -OCH3 is 1. The second-order valence-electron chi connectivity index (χ2n) is 8.51. The van der Waals surface area contributed by atoms with Gasteiger partial charge in [-0.2, -0.15) is 0 Å². The van der Waals surface area contributed by atoms with E-state index in [2.05, 4.69) is 47.3 Å². The largest absolute Gasteiger partial charge is 0.469 e. The van der Waals surface area contributed by atoms with Crippen molar-refractivity contribution in [2.45, 2.75) is 64.7 Å². The van der Waals surface area contributed by atoms with Gasteiger partial charge in [0.15, 0.2) is 0 Å². The zero-order valence-electron chi connectivity index (χ0n) is 20.3. The highest BCUT2D eigenvalue weighted by molar-refractivity contribution is 5.71. The normalized spacial score (nSPS) is 16.1. The van der Waals surface area contributed by atoms with Gasteiger partial charge < -0.3 is 19.5 Å². The van der Waals surface area contributed by atoms with E-state index in [1.807, 2.05) is 6.92 Å². The predicted molar refractivity (Wildman–Crippen MR) is 129 cm³/mol. The summed E-state index contributed by atoms with van der Waals surface area (Å²) in [5.41, 5.74) is 4.26. The quantitative estimate of drug-likeness (QED) is 0.442. The summed E-state index contributed by atoms with van der Waals surface area (Å²) in [4.78, 5) is 20.6. The predicted octanol–water partition coefficient (Wildman–Crippen LogP) is 5.60. The number of anilines is 2. The molecule has 180 valence electrons. The Balaban J connectivity index is 1.95. The first-order chi connectivity index (χ1) is 16.1. The van der Waals surface area contributed by atoms with Crippen LogP contribution in [-0.4, -0.2) is 42.9 Å². The number of carbonyl (C=O) groups excluding carboxylic acids is 1. The topological polar surface area (TPSA) is 82.6 Å². The number of nitrogens with zero attached hydrogens (tertiary/aromatic N) is 2. The van der Waals surface area contributed by atoms with Crippen LogP contribution in [0.1, 0.15) is 75.8 Å². The summed E-state index contributed by atoms with van der Waals surface area (Å²) in [6.45, 7) is 8.45. The highest BCUT2D eigenvalue weighted by Gasteiger charge is 2.27. The van der Waals surface area contributed by atoms with Crippen LogP contribution >= 0.6 is 0 Å². The number of benzene rings is 1. The zero-order valence-corrected chi connectivity index (χ0v) is 20.3. The fourth-order valence-electron chi connectivity index (χ4n) is 4.71. The average Bonchev–Trinajstić information content (AvgIpc) is 2.85. The Morgan fingerprint density at radius 2 is 1.88 bits per heavy atom. The molecule has 1 fully saturated rings. The molecular weight excluding hydrogens is 418 g/mol. The lowest BCUT2D eigenvalue weighted by atomic mass is 9.78. The molecule has 2 heterocycles. The van der Waals surface area contributed by atoms with E-state index in [1.54, 1.807) is 12.4 Å². The highest BCUT2D eigenvalue weighted by atomic mass is 16.5. The van der Waals surface area contributed by atoms with Crippen LogP contribution in [0.3, 0.4) is 0 Å². The van der Waals surface area contributed by atoms with Gasteiger partial charge >= 0.3 is 12.0 Å². The number of rotatable bonds is 11. The minimum absolute atomic E-state index is 0.104. The van der Waals surface area contributed by atoms with E-state index in [1.165, 1.54) is 12.7 Å². The Morgan fingerprint density at radius 1 is 1.15 bits per heavy atom. The molecule has 2 aromatic rings. The minimum Gasteiger partial charge on any atom is -0.469 e. The van der Waals surface area contributed by atoms with Gasteiger partial charge in [0.25, 0.3) is 0 Å². The van der Waals surface area contributed by atoms with Crippen LogP contribution in [-0.2, 0) is 14.3 Å². The molecule has 1 N–H and O–H groups in total. The van der Waals surface area contributed by atoms with Gasteiger partial charge in [0.2, 0.25) is 0 Å². The van der Waals surface area contributed by atoms with Gasteiger partial charge in [-0.3, -0.25) is 4.79 Å². The lowest BCUT2D eigenvalue weighted by Crippen LogP contribution is -2.22. The maximum absolute atomic E-state index is 12.0. The smallest absolute Gasteiger partial charge is 0.316 e. The van der Waals surface area contributed by atoms with Gasteiger partial charge in [0.05, 0.1) is 38.2 Å². The molecule has 0 bridgehead atoms. The molecule has 0 amide bonds. The molecule has 2 unspecified atom stereocenters. The molecule has 1 aromatic carbocycles. The van der Waals surface area contributed by atoms with Crippen molar-refractivity contribution < 1.29 is 19.0 Å². The molecule has 7 heteroatoms. The maximum Gasteiger partial charge on any atom is 0.316 e. The minimum atomic E-state index is -0.186. The summed E-state index contributed by atoms with van der Waals surface area (Å²) in [7, 11) is 1.44.